The molecule has 3 aromatic rings. The lowest BCUT2D eigenvalue weighted by Crippen LogP contribution is -2.42. The van der Waals surface area contributed by atoms with Gasteiger partial charge in [-0.3, -0.25) is 9.36 Å². The van der Waals surface area contributed by atoms with Crippen LogP contribution < -0.4 is 10.4 Å². The monoisotopic (exact) mass is 419 g/mol. The van der Waals surface area contributed by atoms with E-state index in [9.17, 15) is 9.59 Å². The van der Waals surface area contributed by atoms with E-state index in [2.05, 4.69) is 4.98 Å². The summed E-state index contributed by atoms with van der Waals surface area (Å²) in [6, 6.07) is 12.6. The Hall–Kier alpha value is -2.44. The summed E-state index contributed by atoms with van der Waals surface area (Å²) in [5.41, 5.74) is 1.63. The molecule has 2 aromatic carbocycles. The number of piperidine rings is 1. The number of benzene rings is 2. The molecule has 0 atom stereocenters. The van der Waals surface area contributed by atoms with Crippen LogP contribution in [0, 0.1) is 0 Å². The average Bonchev–Trinajstić information content (AvgIpc) is 3.03. The molecule has 0 bridgehead atoms. The number of nitrogens with one attached hydrogen (secondary N) is 1. The van der Waals surface area contributed by atoms with Gasteiger partial charge in [0.15, 0.2) is 6.61 Å². The summed E-state index contributed by atoms with van der Waals surface area (Å²) in [6.07, 6.45) is 1.43. The van der Waals surface area contributed by atoms with Crippen LogP contribution in [0.25, 0.3) is 11.0 Å². The van der Waals surface area contributed by atoms with Crippen molar-refractivity contribution in [2.45, 2.75) is 18.9 Å². The van der Waals surface area contributed by atoms with Gasteiger partial charge in [-0.1, -0.05) is 35.3 Å². The fourth-order valence-electron chi connectivity index (χ4n) is 3.63. The van der Waals surface area contributed by atoms with Crippen LogP contribution in [0.3, 0.4) is 0 Å². The molecule has 146 valence electrons. The molecule has 0 radical (unpaired) electrons. The van der Waals surface area contributed by atoms with E-state index in [1.807, 2.05) is 24.3 Å². The highest BCUT2D eigenvalue weighted by Crippen LogP contribution is 2.28. The number of likely N-dealkylation sites (tertiary alicyclic amines) is 1. The zero-order valence-electron chi connectivity index (χ0n) is 15.0. The third-order valence-electron chi connectivity index (χ3n) is 5.05. The summed E-state index contributed by atoms with van der Waals surface area (Å²) in [5, 5.41) is 0.885. The zero-order valence-corrected chi connectivity index (χ0v) is 16.5. The Morgan fingerprint density at radius 2 is 1.89 bits per heavy atom. The number of aromatic nitrogens is 2. The van der Waals surface area contributed by atoms with Gasteiger partial charge in [-0.15, -0.1) is 0 Å². The number of aromatic amines is 1. The molecule has 0 spiro atoms. The molecular formula is C20H19Cl2N3O3. The Bertz CT molecular complexity index is 1070. The minimum absolute atomic E-state index is 0.0688. The number of para-hydroxylation sites is 2. The largest absolute Gasteiger partial charge is 0.482 e. The molecule has 1 fully saturated rings. The van der Waals surface area contributed by atoms with E-state index >= 15 is 0 Å². The molecule has 2 heterocycles. The molecular weight excluding hydrogens is 401 g/mol. The van der Waals surface area contributed by atoms with Crippen LogP contribution in [0.15, 0.2) is 47.3 Å². The van der Waals surface area contributed by atoms with Gasteiger partial charge >= 0.3 is 5.69 Å². The van der Waals surface area contributed by atoms with Gasteiger partial charge in [0, 0.05) is 24.2 Å². The Morgan fingerprint density at radius 3 is 2.64 bits per heavy atom. The molecule has 0 unspecified atom stereocenters. The maximum absolute atomic E-state index is 12.5. The number of H-pyrrole nitrogens is 1. The number of hydrogen-bond acceptors (Lipinski definition) is 3. The smallest absolute Gasteiger partial charge is 0.326 e. The van der Waals surface area contributed by atoms with E-state index in [4.69, 9.17) is 27.9 Å². The Kier molecular flexibility index (Phi) is 5.33. The second-order valence-electron chi connectivity index (χ2n) is 6.79. The van der Waals surface area contributed by atoms with Gasteiger partial charge in [-0.25, -0.2) is 4.79 Å². The van der Waals surface area contributed by atoms with E-state index in [-0.39, 0.29) is 24.2 Å². The van der Waals surface area contributed by atoms with Crippen LogP contribution in [0.1, 0.15) is 18.9 Å². The van der Waals surface area contributed by atoms with Crippen molar-refractivity contribution in [3.63, 3.8) is 0 Å². The lowest BCUT2D eigenvalue weighted by atomic mass is 10.0. The van der Waals surface area contributed by atoms with Gasteiger partial charge in [0.2, 0.25) is 0 Å². The first-order valence-electron chi connectivity index (χ1n) is 9.08. The number of hydrogen-bond donors (Lipinski definition) is 1. The normalized spacial score (nSPS) is 15.1. The van der Waals surface area contributed by atoms with Crippen LogP contribution in [0.2, 0.25) is 10.0 Å². The number of nitrogens with zero attached hydrogens (tertiary/aromatic N) is 2. The molecule has 28 heavy (non-hydrogen) atoms. The lowest BCUT2D eigenvalue weighted by molar-refractivity contribution is -0.134. The quantitative estimate of drug-likeness (QED) is 0.697. The summed E-state index contributed by atoms with van der Waals surface area (Å²) in [5.74, 6) is 0.329. The minimum atomic E-state index is -0.105. The maximum Gasteiger partial charge on any atom is 0.326 e. The fraction of sp³-hybridized carbons (Fsp3) is 0.300. The predicted molar refractivity (Wildman–Crippen MR) is 109 cm³/mol. The number of imidazole rings is 1. The topological polar surface area (TPSA) is 67.3 Å². The van der Waals surface area contributed by atoms with E-state index in [0.717, 1.165) is 23.9 Å². The van der Waals surface area contributed by atoms with Gasteiger partial charge in [0.25, 0.3) is 5.91 Å². The molecule has 1 saturated heterocycles. The Morgan fingerprint density at radius 1 is 1.14 bits per heavy atom. The number of halogens is 2. The molecule has 1 N–H and O–H groups in total. The highest BCUT2D eigenvalue weighted by Gasteiger charge is 2.26. The average molecular weight is 420 g/mol. The minimum Gasteiger partial charge on any atom is -0.482 e. The molecule has 1 aromatic heterocycles. The van der Waals surface area contributed by atoms with Gasteiger partial charge in [-0.2, -0.15) is 0 Å². The van der Waals surface area contributed by atoms with Crippen LogP contribution in [0.5, 0.6) is 5.75 Å². The molecule has 1 amide bonds. The molecule has 0 saturated carbocycles. The van der Waals surface area contributed by atoms with Crippen LogP contribution in [-0.2, 0) is 4.79 Å². The van der Waals surface area contributed by atoms with Crippen molar-refractivity contribution in [2.75, 3.05) is 19.7 Å². The van der Waals surface area contributed by atoms with Crippen LogP contribution in [-0.4, -0.2) is 40.1 Å². The van der Waals surface area contributed by atoms with Gasteiger partial charge < -0.3 is 14.6 Å². The first-order chi connectivity index (χ1) is 13.5. The van der Waals surface area contributed by atoms with E-state index in [1.54, 1.807) is 27.7 Å². The van der Waals surface area contributed by atoms with Gasteiger partial charge in [0.05, 0.1) is 16.1 Å². The molecule has 4 rings (SSSR count). The number of carbonyl (C=O) groups is 1. The molecule has 1 aliphatic heterocycles. The third-order valence-corrected chi connectivity index (χ3v) is 5.58. The molecule has 6 nitrogen and oxygen atoms in total. The fourth-order valence-corrected chi connectivity index (χ4v) is 4.10. The van der Waals surface area contributed by atoms with Crippen molar-refractivity contribution in [2.24, 2.45) is 0 Å². The SMILES string of the molecule is O=C(COc1ccc(Cl)cc1Cl)N1CCC(n2c(=O)[nH]c3ccccc32)CC1. The van der Waals surface area contributed by atoms with Gasteiger partial charge in [0.1, 0.15) is 5.75 Å². The van der Waals surface area contributed by atoms with Gasteiger partial charge in [-0.05, 0) is 43.2 Å². The van der Waals surface area contributed by atoms with Crippen molar-refractivity contribution >= 4 is 40.1 Å². The summed E-state index contributed by atoms with van der Waals surface area (Å²) in [7, 11) is 0. The number of fused-ring (bicyclic) bond motifs is 1. The van der Waals surface area contributed by atoms with Crippen molar-refractivity contribution in [3.8, 4) is 5.75 Å². The standard InChI is InChI=1S/C20H19Cl2N3O3/c21-13-5-6-18(15(22)11-13)28-12-19(26)24-9-7-14(8-10-24)25-17-4-2-1-3-16(17)23-20(25)27/h1-6,11,14H,7-10,12H2,(H,23,27). The van der Waals surface area contributed by atoms with Crippen molar-refractivity contribution in [3.05, 3.63) is 63.0 Å². The maximum atomic E-state index is 12.5. The highest BCUT2D eigenvalue weighted by atomic mass is 35.5. The first-order valence-corrected chi connectivity index (χ1v) is 9.83. The summed E-state index contributed by atoms with van der Waals surface area (Å²) in [4.78, 5) is 29.5. The van der Waals surface area contributed by atoms with E-state index < -0.39 is 0 Å². The van der Waals surface area contributed by atoms with E-state index in [0.29, 0.717) is 28.9 Å². The van der Waals surface area contributed by atoms with E-state index in [1.165, 1.54) is 0 Å². The number of carbonyl (C=O) groups excluding carboxylic acids is 1. The second kappa shape index (κ2) is 7.89. The highest BCUT2D eigenvalue weighted by molar-refractivity contribution is 6.35. The molecule has 1 aliphatic rings. The lowest BCUT2D eigenvalue weighted by Gasteiger charge is -2.32. The number of ether oxygens (including phenoxy) is 1. The zero-order chi connectivity index (χ0) is 19.7. The summed E-state index contributed by atoms with van der Waals surface area (Å²) in [6.45, 7) is 1.07. The summed E-state index contributed by atoms with van der Waals surface area (Å²) >= 11 is 11.9. The predicted octanol–water partition coefficient (Wildman–Crippen LogP) is 3.88. The summed E-state index contributed by atoms with van der Waals surface area (Å²) < 4.78 is 7.35. The second-order valence-corrected chi connectivity index (χ2v) is 7.64. The number of amides is 1. The van der Waals surface area contributed by atoms with Crippen LogP contribution in [0.4, 0.5) is 0 Å². The van der Waals surface area contributed by atoms with Crippen molar-refractivity contribution in [1.29, 1.82) is 0 Å². The first kappa shape index (κ1) is 18.9. The number of rotatable bonds is 4. The Balaban J connectivity index is 1.37. The molecule has 8 heteroatoms. The molecule has 0 aliphatic carbocycles. The third kappa shape index (κ3) is 3.75. The Labute approximate surface area is 171 Å². The van der Waals surface area contributed by atoms with Crippen LogP contribution >= 0.6 is 23.2 Å². The van der Waals surface area contributed by atoms with Crippen molar-refractivity contribution < 1.29 is 9.53 Å². The van der Waals surface area contributed by atoms with Crippen molar-refractivity contribution in [1.82, 2.24) is 14.5 Å².